The number of nitrogens with zero attached hydrogens (tertiary/aromatic N) is 1. The van der Waals surface area contributed by atoms with Crippen LogP contribution in [0.5, 0.6) is 0 Å². The number of aromatic nitrogens is 1. The topological polar surface area (TPSA) is 56.0 Å². The van der Waals surface area contributed by atoms with Gasteiger partial charge < -0.3 is 5.73 Å². The standard InChI is InChI=1S/C10H7ClN2OS/c11-6-4-7(10(12)13-5-6)9(14)8-2-1-3-15-8/h1-5H,(H2,12,13). The number of carbonyl (C=O) groups excluding carboxylic acids is 1. The first-order valence-electron chi connectivity index (χ1n) is 4.17. The van der Waals surface area contributed by atoms with Gasteiger partial charge in [-0.05, 0) is 17.5 Å². The number of pyridine rings is 1. The zero-order chi connectivity index (χ0) is 10.8. The Morgan fingerprint density at radius 3 is 3.00 bits per heavy atom. The van der Waals surface area contributed by atoms with Crippen molar-refractivity contribution in [3.63, 3.8) is 0 Å². The zero-order valence-corrected chi connectivity index (χ0v) is 9.18. The summed E-state index contributed by atoms with van der Waals surface area (Å²) in [7, 11) is 0. The molecule has 0 spiro atoms. The highest BCUT2D eigenvalue weighted by molar-refractivity contribution is 7.12. The minimum absolute atomic E-state index is 0.141. The minimum atomic E-state index is -0.141. The fraction of sp³-hybridized carbons (Fsp3) is 0. The molecular formula is C10H7ClN2OS. The maximum Gasteiger partial charge on any atom is 0.206 e. The number of hydrogen-bond acceptors (Lipinski definition) is 4. The SMILES string of the molecule is Nc1ncc(Cl)cc1C(=O)c1cccs1. The van der Waals surface area contributed by atoms with Crippen LogP contribution in [0.4, 0.5) is 5.82 Å². The molecule has 0 aliphatic heterocycles. The van der Waals surface area contributed by atoms with Crippen molar-refractivity contribution in [3.8, 4) is 0 Å². The maximum absolute atomic E-state index is 11.9. The van der Waals surface area contributed by atoms with E-state index >= 15 is 0 Å². The van der Waals surface area contributed by atoms with Crippen molar-refractivity contribution in [1.29, 1.82) is 0 Å². The van der Waals surface area contributed by atoms with Crippen LogP contribution in [0.15, 0.2) is 29.8 Å². The Morgan fingerprint density at radius 1 is 1.53 bits per heavy atom. The average molecular weight is 239 g/mol. The summed E-state index contributed by atoms with van der Waals surface area (Å²) in [5.41, 5.74) is 5.96. The van der Waals surface area contributed by atoms with Crippen LogP contribution >= 0.6 is 22.9 Å². The highest BCUT2D eigenvalue weighted by atomic mass is 35.5. The van der Waals surface area contributed by atoms with Crippen molar-refractivity contribution >= 4 is 34.5 Å². The molecule has 0 bridgehead atoms. The first kappa shape index (κ1) is 10.1. The maximum atomic E-state index is 11.9. The van der Waals surface area contributed by atoms with Crippen molar-refractivity contribution in [2.24, 2.45) is 0 Å². The summed E-state index contributed by atoms with van der Waals surface area (Å²) in [4.78, 5) is 16.4. The third-order valence-corrected chi connectivity index (χ3v) is 2.95. The summed E-state index contributed by atoms with van der Waals surface area (Å²) in [5.74, 6) is 0.0651. The van der Waals surface area contributed by atoms with Gasteiger partial charge in [0.2, 0.25) is 5.78 Å². The number of carbonyl (C=O) groups is 1. The number of ketones is 1. The van der Waals surface area contributed by atoms with E-state index in [2.05, 4.69) is 4.98 Å². The van der Waals surface area contributed by atoms with Gasteiger partial charge >= 0.3 is 0 Å². The number of rotatable bonds is 2. The Kier molecular flexibility index (Phi) is 2.70. The molecule has 0 unspecified atom stereocenters. The fourth-order valence-electron chi connectivity index (χ4n) is 1.17. The Labute approximate surface area is 95.5 Å². The van der Waals surface area contributed by atoms with E-state index in [1.807, 2.05) is 11.4 Å². The van der Waals surface area contributed by atoms with E-state index < -0.39 is 0 Å². The highest BCUT2D eigenvalue weighted by Gasteiger charge is 2.14. The molecule has 5 heteroatoms. The number of anilines is 1. The third kappa shape index (κ3) is 2.00. The lowest BCUT2D eigenvalue weighted by molar-refractivity contribution is 0.104. The number of halogens is 1. The summed E-state index contributed by atoms with van der Waals surface area (Å²) in [6.07, 6.45) is 1.42. The van der Waals surface area contributed by atoms with E-state index in [4.69, 9.17) is 17.3 Å². The van der Waals surface area contributed by atoms with E-state index in [9.17, 15) is 4.79 Å². The van der Waals surface area contributed by atoms with Crippen LogP contribution in [-0.2, 0) is 0 Å². The summed E-state index contributed by atoms with van der Waals surface area (Å²) < 4.78 is 0. The van der Waals surface area contributed by atoms with Crippen LogP contribution in [0.3, 0.4) is 0 Å². The largest absolute Gasteiger partial charge is 0.383 e. The lowest BCUT2D eigenvalue weighted by atomic mass is 10.1. The minimum Gasteiger partial charge on any atom is -0.383 e. The smallest absolute Gasteiger partial charge is 0.206 e. The molecule has 0 saturated heterocycles. The molecule has 0 aliphatic carbocycles. The van der Waals surface area contributed by atoms with Gasteiger partial charge in [-0.25, -0.2) is 4.98 Å². The van der Waals surface area contributed by atoms with E-state index in [1.54, 1.807) is 6.07 Å². The highest BCUT2D eigenvalue weighted by Crippen LogP contribution is 2.20. The molecule has 2 rings (SSSR count). The van der Waals surface area contributed by atoms with Crippen LogP contribution in [0, 0.1) is 0 Å². The first-order valence-corrected chi connectivity index (χ1v) is 5.43. The van der Waals surface area contributed by atoms with Gasteiger partial charge in [-0.1, -0.05) is 17.7 Å². The average Bonchev–Trinajstić information content (AvgIpc) is 2.74. The van der Waals surface area contributed by atoms with Crippen molar-refractivity contribution in [1.82, 2.24) is 4.98 Å². The van der Waals surface area contributed by atoms with E-state index in [0.717, 1.165) is 0 Å². The second kappa shape index (κ2) is 4.00. The van der Waals surface area contributed by atoms with E-state index in [-0.39, 0.29) is 11.6 Å². The van der Waals surface area contributed by atoms with Crippen LogP contribution in [0.2, 0.25) is 5.02 Å². The van der Waals surface area contributed by atoms with Gasteiger partial charge in [0.05, 0.1) is 15.5 Å². The van der Waals surface area contributed by atoms with E-state index in [1.165, 1.54) is 23.6 Å². The number of nitrogen functional groups attached to an aromatic ring is 1. The van der Waals surface area contributed by atoms with Crippen LogP contribution in [-0.4, -0.2) is 10.8 Å². The summed E-state index contributed by atoms with van der Waals surface area (Å²) in [5, 5.41) is 2.24. The molecule has 0 saturated carbocycles. The van der Waals surface area contributed by atoms with Crippen LogP contribution in [0.1, 0.15) is 15.2 Å². The molecule has 2 N–H and O–H groups in total. The van der Waals surface area contributed by atoms with Crippen molar-refractivity contribution in [2.45, 2.75) is 0 Å². The molecule has 76 valence electrons. The number of nitrogens with two attached hydrogens (primary N) is 1. The predicted molar refractivity (Wildman–Crippen MR) is 61.4 cm³/mol. The second-order valence-corrected chi connectivity index (χ2v) is 4.28. The third-order valence-electron chi connectivity index (χ3n) is 1.87. The number of thiophene rings is 1. The van der Waals surface area contributed by atoms with Gasteiger partial charge in [0.1, 0.15) is 5.82 Å². The summed E-state index contributed by atoms with van der Waals surface area (Å²) in [6, 6.07) is 5.09. The molecule has 2 heterocycles. The van der Waals surface area contributed by atoms with Gasteiger partial charge in [0.25, 0.3) is 0 Å². The van der Waals surface area contributed by atoms with Gasteiger partial charge in [-0.15, -0.1) is 11.3 Å². The first-order chi connectivity index (χ1) is 7.18. The monoisotopic (exact) mass is 238 g/mol. The molecule has 0 atom stereocenters. The van der Waals surface area contributed by atoms with E-state index in [0.29, 0.717) is 15.5 Å². The molecule has 0 aromatic carbocycles. The molecule has 0 aliphatic rings. The molecule has 15 heavy (non-hydrogen) atoms. The number of hydrogen-bond donors (Lipinski definition) is 1. The lowest BCUT2D eigenvalue weighted by Gasteiger charge is -2.02. The Bertz CT molecular complexity index is 496. The van der Waals surface area contributed by atoms with Gasteiger partial charge in [-0.3, -0.25) is 4.79 Å². The molecule has 0 amide bonds. The second-order valence-electron chi connectivity index (χ2n) is 2.89. The Hall–Kier alpha value is -1.39. The Balaban J connectivity index is 2.46. The van der Waals surface area contributed by atoms with Crippen molar-refractivity contribution in [2.75, 3.05) is 5.73 Å². The fourth-order valence-corrected chi connectivity index (χ4v) is 2.01. The van der Waals surface area contributed by atoms with Crippen molar-refractivity contribution < 1.29 is 4.79 Å². The van der Waals surface area contributed by atoms with Gasteiger partial charge in [0.15, 0.2) is 0 Å². The normalized spacial score (nSPS) is 10.2. The Morgan fingerprint density at radius 2 is 2.33 bits per heavy atom. The summed E-state index contributed by atoms with van der Waals surface area (Å²) in [6.45, 7) is 0. The van der Waals surface area contributed by atoms with Crippen LogP contribution < -0.4 is 5.73 Å². The van der Waals surface area contributed by atoms with Crippen molar-refractivity contribution in [3.05, 3.63) is 45.2 Å². The molecule has 2 aromatic rings. The van der Waals surface area contributed by atoms with Crippen LogP contribution in [0.25, 0.3) is 0 Å². The van der Waals surface area contributed by atoms with Gasteiger partial charge in [-0.2, -0.15) is 0 Å². The summed E-state index contributed by atoms with van der Waals surface area (Å²) >= 11 is 7.12. The van der Waals surface area contributed by atoms with Gasteiger partial charge in [0, 0.05) is 6.20 Å². The lowest BCUT2D eigenvalue weighted by Crippen LogP contribution is -2.05. The quantitative estimate of drug-likeness (QED) is 0.819. The molecule has 0 radical (unpaired) electrons. The molecule has 3 nitrogen and oxygen atoms in total. The predicted octanol–water partition coefficient (Wildman–Crippen LogP) is 2.61. The zero-order valence-electron chi connectivity index (χ0n) is 7.61. The molecular weight excluding hydrogens is 232 g/mol. The molecule has 0 fully saturated rings. The molecule has 2 aromatic heterocycles.